The minimum atomic E-state index is 0.0412. The van der Waals surface area contributed by atoms with Crippen molar-refractivity contribution in [3.8, 4) is 17.4 Å². The second-order valence-corrected chi connectivity index (χ2v) is 4.45. The van der Waals surface area contributed by atoms with Crippen LogP contribution >= 0.6 is 34.8 Å². The first kappa shape index (κ1) is 13.3. The number of ether oxygens (including phenoxy) is 1. The first-order valence-corrected chi connectivity index (χ1v) is 6.23. The van der Waals surface area contributed by atoms with Crippen molar-refractivity contribution in [2.45, 2.75) is 6.92 Å². The van der Waals surface area contributed by atoms with Crippen molar-refractivity contribution < 1.29 is 4.74 Å². The third-order valence-corrected chi connectivity index (χ3v) is 2.76. The highest BCUT2D eigenvalue weighted by Gasteiger charge is 2.11. The van der Waals surface area contributed by atoms with Gasteiger partial charge in [-0.2, -0.15) is 15.0 Å². The van der Waals surface area contributed by atoms with Gasteiger partial charge in [-0.05, 0) is 36.7 Å². The van der Waals surface area contributed by atoms with Crippen molar-refractivity contribution in [2.75, 3.05) is 6.61 Å². The molecule has 0 unspecified atom stereocenters. The fourth-order valence-electron chi connectivity index (χ4n) is 1.31. The largest absolute Gasteiger partial charge is 0.464 e. The van der Waals surface area contributed by atoms with E-state index in [2.05, 4.69) is 15.0 Å². The summed E-state index contributed by atoms with van der Waals surface area (Å²) in [6, 6.07) is 5.16. The molecule has 0 spiro atoms. The summed E-state index contributed by atoms with van der Waals surface area (Å²) in [5.74, 6) is 0.325. The van der Waals surface area contributed by atoms with Crippen LogP contribution in [0.4, 0.5) is 0 Å². The first-order valence-electron chi connectivity index (χ1n) is 5.10. The molecule has 0 aliphatic heterocycles. The molecule has 0 saturated heterocycles. The van der Waals surface area contributed by atoms with E-state index in [1.165, 1.54) is 0 Å². The summed E-state index contributed by atoms with van der Waals surface area (Å²) in [7, 11) is 0. The van der Waals surface area contributed by atoms with Crippen molar-refractivity contribution in [1.29, 1.82) is 0 Å². The molecule has 1 aromatic carbocycles. The Labute approximate surface area is 119 Å². The molecule has 4 nitrogen and oxygen atoms in total. The Bertz CT molecular complexity index is 577. The first-order chi connectivity index (χ1) is 8.60. The van der Waals surface area contributed by atoms with Gasteiger partial charge < -0.3 is 4.74 Å². The summed E-state index contributed by atoms with van der Waals surface area (Å²) in [5, 5.41) is 1.05. The van der Waals surface area contributed by atoms with E-state index in [1.54, 1.807) is 18.2 Å². The lowest BCUT2D eigenvalue weighted by Gasteiger charge is -2.06. The maximum absolute atomic E-state index is 6.07. The van der Waals surface area contributed by atoms with E-state index in [-0.39, 0.29) is 11.3 Å². The normalized spacial score (nSPS) is 10.4. The molecule has 94 valence electrons. The topological polar surface area (TPSA) is 47.9 Å². The highest BCUT2D eigenvalue weighted by Crippen LogP contribution is 2.29. The number of rotatable bonds is 3. The highest BCUT2D eigenvalue weighted by molar-refractivity contribution is 6.35. The van der Waals surface area contributed by atoms with Gasteiger partial charge in [0.1, 0.15) is 0 Å². The van der Waals surface area contributed by atoms with Crippen molar-refractivity contribution in [3.05, 3.63) is 33.5 Å². The third kappa shape index (κ3) is 3.02. The van der Waals surface area contributed by atoms with Gasteiger partial charge in [0.2, 0.25) is 5.28 Å². The summed E-state index contributed by atoms with van der Waals surface area (Å²) in [5.41, 5.74) is 0.578. The highest BCUT2D eigenvalue weighted by atomic mass is 35.5. The number of aromatic nitrogens is 3. The van der Waals surface area contributed by atoms with Gasteiger partial charge in [-0.3, -0.25) is 0 Å². The van der Waals surface area contributed by atoms with E-state index in [0.717, 1.165) is 0 Å². The molecule has 0 aliphatic carbocycles. The molecule has 1 aromatic heterocycles. The lowest BCUT2D eigenvalue weighted by Crippen LogP contribution is -2.01. The molecule has 0 fully saturated rings. The van der Waals surface area contributed by atoms with Gasteiger partial charge in [0.15, 0.2) is 5.82 Å². The average Bonchev–Trinajstić information content (AvgIpc) is 2.32. The second kappa shape index (κ2) is 5.69. The molecule has 2 rings (SSSR count). The van der Waals surface area contributed by atoms with Crippen LogP contribution in [-0.4, -0.2) is 21.6 Å². The van der Waals surface area contributed by atoms with Crippen LogP contribution in [0.15, 0.2) is 18.2 Å². The van der Waals surface area contributed by atoms with E-state index in [0.29, 0.717) is 28.0 Å². The standard InChI is InChI=1S/C11H8Cl3N3O/c1-2-18-11-16-9(15-10(14)17-11)7-5-6(12)3-4-8(7)13/h3-5H,2H2,1H3. The molecule has 0 N–H and O–H groups in total. The smallest absolute Gasteiger partial charge is 0.321 e. The Kier molecular flexibility index (Phi) is 4.22. The molecule has 7 heteroatoms. The number of benzene rings is 1. The van der Waals surface area contributed by atoms with Crippen LogP contribution in [-0.2, 0) is 0 Å². The Morgan fingerprint density at radius 2 is 1.89 bits per heavy atom. The van der Waals surface area contributed by atoms with Crippen LogP contribution in [0.25, 0.3) is 11.4 Å². The minimum Gasteiger partial charge on any atom is -0.464 e. The zero-order valence-electron chi connectivity index (χ0n) is 9.32. The molecule has 0 atom stereocenters. The number of halogens is 3. The quantitative estimate of drug-likeness (QED) is 0.863. The molecular formula is C11H8Cl3N3O. The third-order valence-electron chi connectivity index (χ3n) is 2.03. The molecular weight excluding hydrogens is 296 g/mol. The van der Waals surface area contributed by atoms with Gasteiger partial charge in [-0.1, -0.05) is 23.2 Å². The van der Waals surface area contributed by atoms with E-state index in [9.17, 15) is 0 Å². The Hall–Kier alpha value is -1.10. The van der Waals surface area contributed by atoms with Crippen molar-refractivity contribution in [2.24, 2.45) is 0 Å². The van der Waals surface area contributed by atoms with E-state index >= 15 is 0 Å². The predicted molar refractivity (Wildman–Crippen MR) is 71.5 cm³/mol. The van der Waals surface area contributed by atoms with Gasteiger partial charge in [-0.15, -0.1) is 0 Å². The summed E-state index contributed by atoms with van der Waals surface area (Å²) >= 11 is 17.8. The van der Waals surface area contributed by atoms with Crippen LogP contribution in [0.5, 0.6) is 6.01 Å². The van der Waals surface area contributed by atoms with Crippen molar-refractivity contribution in [1.82, 2.24) is 15.0 Å². The van der Waals surface area contributed by atoms with Gasteiger partial charge in [0, 0.05) is 10.6 Å². The zero-order chi connectivity index (χ0) is 13.1. The summed E-state index contributed by atoms with van der Waals surface area (Å²) in [4.78, 5) is 12.0. The maximum atomic E-state index is 6.07. The number of hydrogen-bond donors (Lipinski definition) is 0. The summed E-state index contributed by atoms with van der Waals surface area (Å²) in [6.45, 7) is 2.26. The molecule has 0 amide bonds. The van der Waals surface area contributed by atoms with Gasteiger partial charge >= 0.3 is 6.01 Å². The molecule has 1 heterocycles. The van der Waals surface area contributed by atoms with Gasteiger partial charge in [0.05, 0.1) is 11.6 Å². The molecule has 0 aliphatic rings. The monoisotopic (exact) mass is 303 g/mol. The number of nitrogens with zero attached hydrogens (tertiary/aromatic N) is 3. The fraction of sp³-hybridized carbons (Fsp3) is 0.182. The van der Waals surface area contributed by atoms with E-state index in [4.69, 9.17) is 39.5 Å². The fourth-order valence-corrected chi connectivity index (χ4v) is 1.84. The molecule has 0 radical (unpaired) electrons. The van der Waals surface area contributed by atoms with Crippen LogP contribution < -0.4 is 4.74 Å². The van der Waals surface area contributed by atoms with E-state index in [1.807, 2.05) is 6.92 Å². The average molecular weight is 305 g/mol. The summed E-state index contributed by atoms with van der Waals surface area (Å²) < 4.78 is 5.20. The molecule has 0 bridgehead atoms. The van der Waals surface area contributed by atoms with Gasteiger partial charge in [0.25, 0.3) is 0 Å². The van der Waals surface area contributed by atoms with Crippen LogP contribution in [0, 0.1) is 0 Å². The lowest BCUT2D eigenvalue weighted by atomic mass is 10.2. The SMILES string of the molecule is CCOc1nc(Cl)nc(-c2cc(Cl)ccc2Cl)n1. The number of hydrogen-bond acceptors (Lipinski definition) is 4. The molecule has 0 saturated carbocycles. The minimum absolute atomic E-state index is 0.0412. The molecule has 18 heavy (non-hydrogen) atoms. The Balaban J connectivity index is 2.52. The Morgan fingerprint density at radius 3 is 2.61 bits per heavy atom. The predicted octanol–water partition coefficient (Wildman–Crippen LogP) is 3.90. The lowest BCUT2D eigenvalue weighted by molar-refractivity contribution is 0.312. The van der Waals surface area contributed by atoms with Crippen LogP contribution in [0.1, 0.15) is 6.92 Å². The maximum Gasteiger partial charge on any atom is 0.321 e. The second-order valence-electron chi connectivity index (χ2n) is 3.27. The Morgan fingerprint density at radius 1 is 1.11 bits per heavy atom. The summed E-state index contributed by atoms with van der Waals surface area (Å²) in [6.07, 6.45) is 0. The van der Waals surface area contributed by atoms with Crippen molar-refractivity contribution >= 4 is 34.8 Å². The van der Waals surface area contributed by atoms with Crippen LogP contribution in [0.2, 0.25) is 15.3 Å². The van der Waals surface area contributed by atoms with Gasteiger partial charge in [-0.25, -0.2) is 0 Å². The van der Waals surface area contributed by atoms with Crippen LogP contribution in [0.3, 0.4) is 0 Å². The van der Waals surface area contributed by atoms with E-state index < -0.39 is 0 Å². The van der Waals surface area contributed by atoms with Crippen molar-refractivity contribution in [3.63, 3.8) is 0 Å². The zero-order valence-corrected chi connectivity index (χ0v) is 11.6. The molecule has 2 aromatic rings.